The largest absolute Gasteiger partial charge is 0.287 e. The van der Waals surface area contributed by atoms with Gasteiger partial charge in [-0.15, -0.1) is 11.3 Å². The van der Waals surface area contributed by atoms with Crippen LogP contribution in [0, 0.1) is 10.1 Å². The number of hydrogen-bond donors (Lipinski definition) is 0. The highest BCUT2D eigenvalue weighted by atomic mass is 32.1. The van der Waals surface area contributed by atoms with Crippen LogP contribution in [-0.2, 0) is 6.54 Å². The number of aliphatic imine (C=N–C) groups is 1. The molecule has 0 unspecified atom stereocenters. The number of hydrogen-bond acceptors (Lipinski definition) is 4. The van der Waals surface area contributed by atoms with Gasteiger partial charge in [0.15, 0.2) is 0 Å². The molecule has 0 radical (unpaired) electrons. The summed E-state index contributed by atoms with van der Waals surface area (Å²) in [5, 5.41) is 12.5. The summed E-state index contributed by atoms with van der Waals surface area (Å²) < 4.78 is 0. The maximum Gasteiger partial charge on any atom is 0.269 e. The second-order valence-electron chi connectivity index (χ2n) is 3.41. The van der Waals surface area contributed by atoms with Gasteiger partial charge in [0.05, 0.1) is 11.5 Å². The standard InChI is InChI=1S/C12H10N2O2S/c15-14(16)11-5-3-10(4-6-11)8-13-9-12-2-1-7-17-12/h1-7,9H,8H2/b13-9+. The average Bonchev–Trinajstić information content (AvgIpc) is 2.83. The number of rotatable bonds is 4. The zero-order chi connectivity index (χ0) is 12.1. The molecule has 0 saturated carbocycles. The lowest BCUT2D eigenvalue weighted by Crippen LogP contribution is -1.88. The Balaban J connectivity index is 1.97. The fourth-order valence-corrected chi connectivity index (χ4v) is 1.94. The van der Waals surface area contributed by atoms with Crippen molar-refractivity contribution in [3.05, 3.63) is 62.3 Å². The van der Waals surface area contributed by atoms with Crippen LogP contribution in [0.25, 0.3) is 0 Å². The van der Waals surface area contributed by atoms with E-state index in [0.717, 1.165) is 10.4 Å². The molecule has 0 atom stereocenters. The van der Waals surface area contributed by atoms with Crippen LogP contribution >= 0.6 is 11.3 Å². The molecule has 0 amide bonds. The lowest BCUT2D eigenvalue weighted by atomic mass is 10.2. The van der Waals surface area contributed by atoms with Crippen LogP contribution in [0.15, 0.2) is 46.8 Å². The van der Waals surface area contributed by atoms with Crippen molar-refractivity contribution >= 4 is 23.2 Å². The van der Waals surface area contributed by atoms with Crippen LogP contribution in [0.2, 0.25) is 0 Å². The normalized spacial score (nSPS) is 10.8. The monoisotopic (exact) mass is 246 g/mol. The molecule has 0 aliphatic heterocycles. The molecule has 1 aromatic heterocycles. The van der Waals surface area contributed by atoms with Crippen LogP contribution in [0.5, 0.6) is 0 Å². The molecule has 0 aliphatic rings. The molecule has 1 aromatic carbocycles. The van der Waals surface area contributed by atoms with Crippen molar-refractivity contribution in [1.29, 1.82) is 0 Å². The molecule has 0 spiro atoms. The minimum Gasteiger partial charge on any atom is -0.287 e. The molecule has 0 saturated heterocycles. The van der Waals surface area contributed by atoms with Gasteiger partial charge in [0.1, 0.15) is 0 Å². The molecule has 0 fully saturated rings. The van der Waals surface area contributed by atoms with Gasteiger partial charge < -0.3 is 0 Å². The van der Waals surface area contributed by atoms with Crippen LogP contribution in [0.1, 0.15) is 10.4 Å². The summed E-state index contributed by atoms with van der Waals surface area (Å²) in [6.45, 7) is 0.538. The molecule has 86 valence electrons. The Labute approximate surface area is 102 Å². The number of nitro benzene ring substituents is 1. The Kier molecular flexibility index (Phi) is 3.62. The third-order valence-corrected chi connectivity index (χ3v) is 2.99. The molecular weight excluding hydrogens is 236 g/mol. The van der Waals surface area contributed by atoms with Crippen molar-refractivity contribution in [3.63, 3.8) is 0 Å². The van der Waals surface area contributed by atoms with Gasteiger partial charge in [0.25, 0.3) is 5.69 Å². The molecule has 17 heavy (non-hydrogen) atoms. The van der Waals surface area contributed by atoms with E-state index in [-0.39, 0.29) is 5.69 Å². The van der Waals surface area contributed by atoms with E-state index in [1.165, 1.54) is 12.1 Å². The Bertz CT molecular complexity index is 518. The molecule has 2 aromatic rings. The van der Waals surface area contributed by atoms with Gasteiger partial charge in [0.2, 0.25) is 0 Å². The lowest BCUT2D eigenvalue weighted by Gasteiger charge is -1.95. The van der Waals surface area contributed by atoms with Gasteiger partial charge in [-0.3, -0.25) is 15.1 Å². The molecular formula is C12H10N2O2S. The van der Waals surface area contributed by atoms with E-state index < -0.39 is 4.92 Å². The molecule has 2 rings (SSSR count). The summed E-state index contributed by atoms with van der Waals surface area (Å²) in [6, 6.07) is 10.4. The number of nitrogens with zero attached hydrogens (tertiary/aromatic N) is 2. The van der Waals surface area contributed by atoms with Crippen LogP contribution in [0.3, 0.4) is 0 Å². The van der Waals surface area contributed by atoms with E-state index in [1.54, 1.807) is 23.5 Å². The average molecular weight is 246 g/mol. The second-order valence-corrected chi connectivity index (χ2v) is 4.39. The topological polar surface area (TPSA) is 55.5 Å². The van der Waals surface area contributed by atoms with Gasteiger partial charge in [-0.25, -0.2) is 0 Å². The third kappa shape index (κ3) is 3.22. The van der Waals surface area contributed by atoms with Gasteiger partial charge >= 0.3 is 0 Å². The zero-order valence-corrected chi connectivity index (χ0v) is 9.76. The summed E-state index contributed by atoms with van der Waals surface area (Å²) in [7, 11) is 0. The maximum atomic E-state index is 10.5. The minimum atomic E-state index is -0.404. The fourth-order valence-electron chi connectivity index (χ4n) is 1.33. The first-order valence-electron chi connectivity index (χ1n) is 5.02. The number of non-ortho nitro benzene ring substituents is 1. The van der Waals surface area contributed by atoms with Crippen LogP contribution < -0.4 is 0 Å². The minimum absolute atomic E-state index is 0.107. The van der Waals surface area contributed by atoms with Crippen LogP contribution in [-0.4, -0.2) is 11.1 Å². The van der Waals surface area contributed by atoms with Gasteiger partial charge in [-0.05, 0) is 17.0 Å². The molecule has 5 heteroatoms. The van der Waals surface area contributed by atoms with E-state index in [2.05, 4.69) is 4.99 Å². The van der Waals surface area contributed by atoms with Crippen molar-refractivity contribution in [2.24, 2.45) is 4.99 Å². The molecule has 0 bridgehead atoms. The lowest BCUT2D eigenvalue weighted by molar-refractivity contribution is -0.384. The summed E-state index contributed by atoms with van der Waals surface area (Å²) in [4.78, 5) is 15.4. The summed E-state index contributed by atoms with van der Waals surface area (Å²) in [5.74, 6) is 0. The van der Waals surface area contributed by atoms with Crippen molar-refractivity contribution in [2.75, 3.05) is 0 Å². The Morgan fingerprint density at radius 2 is 2.06 bits per heavy atom. The van der Waals surface area contributed by atoms with E-state index >= 15 is 0 Å². The zero-order valence-electron chi connectivity index (χ0n) is 8.95. The number of benzene rings is 1. The number of nitro groups is 1. The SMILES string of the molecule is O=[N+]([O-])c1ccc(C/N=C/c2cccs2)cc1. The highest BCUT2D eigenvalue weighted by Crippen LogP contribution is 2.12. The Morgan fingerprint density at radius 3 is 2.65 bits per heavy atom. The predicted octanol–water partition coefficient (Wildman–Crippen LogP) is 3.28. The van der Waals surface area contributed by atoms with E-state index in [0.29, 0.717) is 6.54 Å². The molecule has 0 aliphatic carbocycles. The number of thiophene rings is 1. The smallest absolute Gasteiger partial charge is 0.269 e. The van der Waals surface area contributed by atoms with Crippen molar-refractivity contribution in [1.82, 2.24) is 0 Å². The van der Waals surface area contributed by atoms with Crippen molar-refractivity contribution in [2.45, 2.75) is 6.54 Å². The first-order valence-corrected chi connectivity index (χ1v) is 5.90. The first-order chi connectivity index (χ1) is 8.25. The van der Waals surface area contributed by atoms with Crippen LogP contribution in [0.4, 0.5) is 5.69 Å². The third-order valence-electron chi connectivity index (χ3n) is 2.18. The predicted molar refractivity (Wildman–Crippen MR) is 68.7 cm³/mol. The Hall–Kier alpha value is -2.01. The van der Waals surface area contributed by atoms with Gasteiger partial charge in [-0.2, -0.15) is 0 Å². The first kappa shape index (κ1) is 11.5. The summed E-state index contributed by atoms with van der Waals surface area (Å²) in [6.07, 6.45) is 1.81. The fraction of sp³-hybridized carbons (Fsp3) is 0.0833. The highest BCUT2D eigenvalue weighted by Gasteiger charge is 2.02. The Morgan fingerprint density at radius 1 is 1.29 bits per heavy atom. The van der Waals surface area contributed by atoms with Crippen molar-refractivity contribution in [3.8, 4) is 0 Å². The quantitative estimate of drug-likeness (QED) is 0.472. The molecule has 1 heterocycles. The summed E-state index contributed by atoms with van der Waals surface area (Å²) in [5.41, 5.74) is 1.07. The van der Waals surface area contributed by atoms with E-state index in [9.17, 15) is 10.1 Å². The van der Waals surface area contributed by atoms with Gasteiger partial charge in [-0.1, -0.05) is 18.2 Å². The molecule has 0 N–H and O–H groups in total. The maximum absolute atomic E-state index is 10.5. The van der Waals surface area contributed by atoms with Crippen molar-refractivity contribution < 1.29 is 4.92 Å². The second kappa shape index (κ2) is 5.36. The van der Waals surface area contributed by atoms with E-state index in [1.807, 2.05) is 23.7 Å². The summed E-state index contributed by atoms with van der Waals surface area (Å²) >= 11 is 1.63. The molecule has 4 nitrogen and oxygen atoms in total. The van der Waals surface area contributed by atoms with E-state index in [4.69, 9.17) is 0 Å². The highest BCUT2D eigenvalue weighted by molar-refractivity contribution is 7.11. The van der Waals surface area contributed by atoms with Gasteiger partial charge in [0, 0.05) is 23.2 Å².